The lowest BCUT2D eigenvalue weighted by atomic mass is 9.92. The normalized spacial score (nSPS) is 32.4. The van der Waals surface area contributed by atoms with Gasteiger partial charge in [-0.3, -0.25) is 9.69 Å². The summed E-state index contributed by atoms with van der Waals surface area (Å²) in [5.74, 6) is -2.83. The van der Waals surface area contributed by atoms with Crippen LogP contribution in [0.15, 0.2) is 0 Å². The Morgan fingerprint density at radius 3 is 2.94 bits per heavy atom. The summed E-state index contributed by atoms with van der Waals surface area (Å²) >= 11 is 0. The van der Waals surface area contributed by atoms with Crippen molar-refractivity contribution in [2.45, 2.75) is 31.2 Å². The summed E-state index contributed by atoms with van der Waals surface area (Å²) < 4.78 is 30.9. The third-order valence-electron chi connectivity index (χ3n) is 3.76. The molecule has 104 valence electrons. The van der Waals surface area contributed by atoms with Gasteiger partial charge in [-0.15, -0.1) is 0 Å². The summed E-state index contributed by atoms with van der Waals surface area (Å²) in [6.45, 7) is 1.61. The highest BCUT2D eigenvalue weighted by molar-refractivity contribution is 5.72. The van der Waals surface area contributed by atoms with Crippen molar-refractivity contribution in [3.8, 4) is 0 Å². The van der Waals surface area contributed by atoms with E-state index < -0.39 is 5.92 Å². The van der Waals surface area contributed by atoms with Gasteiger partial charge in [-0.05, 0) is 19.4 Å². The maximum absolute atomic E-state index is 13.1. The van der Waals surface area contributed by atoms with Crippen molar-refractivity contribution >= 4 is 5.97 Å². The van der Waals surface area contributed by atoms with Crippen LogP contribution in [0.1, 0.15) is 19.3 Å². The number of hydrogen-bond donors (Lipinski definition) is 1. The number of carbonyl (C=O) groups excluding carboxylic acids is 1. The van der Waals surface area contributed by atoms with Gasteiger partial charge in [0.05, 0.1) is 19.6 Å². The van der Waals surface area contributed by atoms with Crippen LogP contribution in [0.5, 0.6) is 0 Å². The minimum absolute atomic E-state index is 0.0554. The molecule has 0 amide bonds. The fourth-order valence-electron chi connectivity index (χ4n) is 2.80. The number of methoxy groups -OCH3 is 1. The minimum Gasteiger partial charge on any atom is -0.469 e. The maximum atomic E-state index is 13.1. The zero-order valence-electron chi connectivity index (χ0n) is 10.6. The first-order valence-corrected chi connectivity index (χ1v) is 6.41. The Hall–Kier alpha value is -0.750. The number of ether oxygens (including phenoxy) is 1. The van der Waals surface area contributed by atoms with Gasteiger partial charge >= 0.3 is 5.97 Å². The maximum Gasteiger partial charge on any atom is 0.308 e. The van der Waals surface area contributed by atoms with Gasteiger partial charge in [0.2, 0.25) is 0 Å². The van der Waals surface area contributed by atoms with Crippen molar-refractivity contribution in [3.05, 3.63) is 0 Å². The van der Waals surface area contributed by atoms with E-state index in [9.17, 15) is 13.6 Å². The van der Waals surface area contributed by atoms with Crippen molar-refractivity contribution in [2.75, 3.05) is 33.3 Å². The lowest BCUT2D eigenvalue weighted by molar-refractivity contribution is -0.146. The van der Waals surface area contributed by atoms with Crippen LogP contribution in [0, 0.1) is 5.92 Å². The zero-order valence-corrected chi connectivity index (χ0v) is 10.6. The molecular weight excluding hydrogens is 242 g/mol. The fraction of sp³-hybridized carbons (Fsp3) is 0.917. The van der Waals surface area contributed by atoms with Gasteiger partial charge in [0.25, 0.3) is 5.92 Å². The average molecular weight is 262 g/mol. The average Bonchev–Trinajstić information content (AvgIpc) is 2.68. The molecule has 2 unspecified atom stereocenters. The molecule has 2 aliphatic rings. The van der Waals surface area contributed by atoms with Crippen molar-refractivity contribution in [3.63, 3.8) is 0 Å². The van der Waals surface area contributed by atoms with E-state index in [0.29, 0.717) is 19.5 Å². The smallest absolute Gasteiger partial charge is 0.308 e. The van der Waals surface area contributed by atoms with Crippen LogP contribution < -0.4 is 5.32 Å². The molecule has 0 spiro atoms. The van der Waals surface area contributed by atoms with Crippen LogP contribution in [-0.4, -0.2) is 56.1 Å². The highest BCUT2D eigenvalue weighted by Gasteiger charge is 2.39. The Morgan fingerprint density at radius 1 is 1.56 bits per heavy atom. The lowest BCUT2D eigenvalue weighted by Crippen LogP contribution is -2.47. The summed E-state index contributed by atoms with van der Waals surface area (Å²) in [5.41, 5.74) is 0. The Kier molecular flexibility index (Phi) is 4.17. The number of halogens is 2. The third-order valence-corrected chi connectivity index (χ3v) is 3.76. The van der Waals surface area contributed by atoms with Crippen LogP contribution in [0.2, 0.25) is 0 Å². The van der Waals surface area contributed by atoms with E-state index in [-0.39, 0.29) is 30.9 Å². The van der Waals surface area contributed by atoms with Crippen LogP contribution >= 0.6 is 0 Å². The van der Waals surface area contributed by atoms with E-state index in [0.717, 1.165) is 13.0 Å². The highest BCUT2D eigenvalue weighted by Crippen LogP contribution is 2.27. The minimum atomic E-state index is -2.55. The zero-order chi connectivity index (χ0) is 13.2. The molecule has 0 aromatic heterocycles. The van der Waals surface area contributed by atoms with Gasteiger partial charge < -0.3 is 10.1 Å². The summed E-state index contributed by atoms with van der Waals surface area (Å²) in [7, 11) is 1.39. The molecule has 0 bridgehead atoms. The van der Waals surface area contributed by atoms with Gasteiger partial charge in [-0.1, -0.05) is 0 Å². The van der Waals surface area contributed by atoms with Gasteiger partial charge in [0.1, 0.15) is 0 Å². The summed E-state index contributed by atoms with van der Waals surface area (Å²) in [5, 5.41) is 3.29. The standard InChI is InChI=1S/C12H20F2N2O2/c1-18-11(17)9-2-4-15-10(6-9)7-16-5-3-12(13,14)8-16/h9-10,15H,2-8H2,1H3. The number of hydrogen-bond acceptors (Lipinski definition) is 4. The first-order valence-electron chi connectivity index (χ1n) is 6.41. The molecule has 2 rings (SSSR count). The molecule has 0 aliphatic carbocycles. The first kappa shape index (κ1) is 13.7. The number of nitrogens with one attached hydrogen (secondary N) is 1. The van der Waals surface area contributed by atoms with Crippen molar-refractivity contribution in [1.82, 2.24) is 10.2 Å². The second kappa shape index (κ2) is 5.48. The van der Waals surface area contributed by atoms with Crippen molar-refractivity contribution in [2.24, 2.45) is 5.92 Å². The molecule has 2 atom stereocenters. The van der Waals surface area contributed by atoms with Crippen LogP contribution in [0.3, 0.4) is 0 Å². The van der Waals surface area contributed by atoms with E-state index in [1.54, 1.807) is 4.90 Å². The second-order valence-corrected chi connectivity index (χ2v) is 5.24. The SMILES string of the molecule is COC(=O)C1CCNC(CN2CCC(F)(F)C2)C1. The van der Waals surface area contributed by atoms with E-state index >= 15 is 0 Å². The fourth-order valence-corrected chi connectivity index (χ4v) is 2.80. The number of rotatable bonds is 3. The summed E-state index contributed by atoms with van der Waals surface area (Å²) in [4.78, 5) is 13.2. The van der Waals surface area contributed by atoms with E-state index in [4.69, 9.17) is 4.74 Å². The predicted molar refractivity (Wildman–Crippen MR) is 62.5 cm³/mol. The largest absolute Gasteiger partial charge is 0.469 e. The van der Waals surface area contributed by atoms with E-state index in [1.165, 1.54) is 7.11 Å². The molecule has 2 aliphatic heterocycles. The Bertz CT molecular complexity index is 312. The number of nitrogens with zero attached hydrogens (tertiary/aromatic N) is 1. The lowest BCUT2D eigenvalue weighted by Gasteiger charge is -2.31. The molecule has 18 heavy (non-hydrogen) atoms. The van der Waals surface area contributed by atoms with Gasteiger partial charge in [-0.25, -0.2) is 8.78 Å². The van der Waals surface area contributed by atoms with E-state index in [1.807, 2.05) is 0 Å². The topological polar surface area (TPSA) is 41.6 Å². The molecule has 0 aromatic rings. The molecule has 6 heteroatoms. The molecular formula is C12H20F2N2O2. The Labute approximate surface area is 106 Å². The number of alkyl halides is 2. The van der Waals surface area contributed by atoms with Crippen LogP contribution in [-0.2, 0) is 9.53 Å². The molecule has 0 radical (unpaired) electrons. The second-order valence-electron chi connectivity index (χ2n) is 5.24. The number of carbonyl (C=O) groups is 1. The molecule has 2 fully saturated rings. The van der Waals surface area contributed by atoms with Crippen molar-refractivity contribution in [1.29, 1.82) is 0 Å². The quantitative estimate of drug-likeness (QED) is 0.766. The van der Waals surface area contributed by atoms with Gasteiger partial charge in [0, 0.05) is 25.6 Å². The number of esters is 1. The molecule has 4 nitrogen and oxygen atoms in total. The summed E-state index contributed by atoms with van der Waals surface area (Å²) in [6.07, 6.45) is 1.38. The van der Waals surface area contributed by atoms with Crippen molar-refractivity contribution < 1.29 is 18.3 Å². The van der Waals surface area contributed by atoms with E-state index in [2.05, 4.69) is 5.32 Å². The third kappa shape index (κ3) is 3.38. The molecule has 1 N–H and O–H groups in total. The number of likely N-dealkylation sites (tertiary alicyclic amines) is 1. The van der Waals surface area contributed by atoms with Gasteiger partial charge in [-0.2, -0.15) is 0 Å². The van der Waals surface area contributed by atoms with Gasteiger partial charge in [0.15, 0.2) is 0 Å². The highest BCUT2D eigenvalue weighted by atomic mass is 19.3. The predicted octanol–water partition coefficient (Wildman–Crippen LogP) is 0.869. The summed E-state index contributed by atoms with van der Waals surface area (Å²) in [6, 6.07) is 0.108. The molecule has 0 aromatic carbocycles. The monoisotopic (exact) mass is 262 g/mol. The Balaban J connectivity index is 1.81. The molecule has 2 heterocycles. The van der Waals surface area contributed by atoms with Crippen LogP contribution in [0.25, 0.3) is 0 Å². The Morgan fingerprint density at radius 2 is 2.33 bits per heavy atom. The molecule has 0 saturated carbocycles. The van der Waals surface area contributed by atoms with Crippen LogP contribution in [0.4, 0.5) is 8.78 Å². The first-order chi connectivity index (χ1) is 8.50. The number of piperidine rings is 1. The molecule has 2 saturated heterocycles.